The summed E-state index contributed by atoms with van der Waals surface area (Å²) in [5.41, 5.74) is 2.73. The summed E-state index contributed by atoms with van der Waals surface area (Å²) in [6.07, 6.45) is 1.81. The second-order valence-corrected chi connectivity index (χ2v) is 4.88. The maximum absolute atomic E-state index is 11.3. The van der Waals surface area contributed by atoms with Crippen molar-refractivity contribution >= 4 is 17.0 Å². The molecule has 3 aromatic rings. The Morgan fingerprint density at radius 3 is 2.67 bits per heavy atom. The van der Waals surface area contributed by atoms with Gasteiger partial charge in [-0.05, 0) is 30.5 Å². The van der Waals surface area contributed by atoms with Crippen molar-refractivity contribution in [2.45, 2.75) is 19.4 Å². The molecule has 0 bridgehead atoms. The van der Waals surface area contributed by atoms with Crippen LogP contribution in [0.4, 0.5) is 0 Å². The number of aromatic nitrogens is 3. The Bertz CT molecular complexity index is 766. The Balaban J connectivity index is 1.80. The van der Waals surface area contributed by atoms with Crippen LogP contribution < -0.4 is 0 Å². The Hall–Kier alpha value is -2.69. The number of hydrogen-bond donors (Lipinski definition) is 1. The van der Waals surface area contributed by atoms with E-state index in [1.54, 1.807) is 22.9 Å². The van der Waals surface area contributed by atoms with Gasteiger partial charge in [0.15, 0.2) is 0 Å². The van der Waals surface area contributed by atoms with Crippen LogP contribution in [-0.4, -0.2) is 26.1 Å². The van der Waals surface area contributed by atoms with Crippen LogP contribution in [0.15, 0.2) is 48.5 Å². The standard InChI is InChI=1S/C16H15N3O2/c20-16(21)13-9-4-10-14-15(13)19(18-17-14)11-5-8-12-6-2-1-3-7-12/h1-4,6-7,9-10H,5,8,11H2,(H,20,21). The van der Waals surface area contributed by atoms with E-state index >= 15 is 0 Å². The number of carbonyl (C=O) groups is 1. The normalized spacial score (nSPS) is 10.9. The second-order valence-electron chi connectivity index (χ2n) is 4.88. The van der Waals surface area contributed by atoms with Gasteiger partial charge in [-0.1, -0.05) is 41.6 Å². The molecule has 0 aliphatic carbocycles. The van der Waals surface area contributed by atoms with Gasteiger partial charge in [-0.3, -0.25) is 0 Å². The number of carboxylic acids is 1. The molecule has 0 aliphatic heterocycles. The summed E-state index contributed by atoms with van der Waals surface area (Å²) in [6.45, 7) is 0.648. The van der Waals surface area contributed by atoms with Gasteiger partial charge in [0.25, 0.3) is 0 Å². The zero-order valence-electron chi connectivity index (χ0n) is 11.4. The van der Waals surface area contributed by atoms with Gasteiger partial charge in [0, 0.05) is 6.54 Å². The number of carboxylic acid groups (broad SMARTS) is 1. The molecule has 5 heteroatoms. The van der Waals surface area contributed by atoms with Crippen molar-refractivity contribution in [2.24, 2.45) is 0 Å². The van der Waals surface area contributed by atoms with Crippen LogP contribution in [0.3, 0.4) is 0 Å². The minimum absolute atomic E-state index is 0.247. The number of aromatic carboxylic acids is 1. The molecule has 2 aromatic carbocycles. The molecule has 0 aliphatic rings. The van der Waals surface area contributed by atoms with Gasteiger partial charge in [-0.2, -0.15) is 0 Å². The highest BCUT2D eigenvalue weighted by atomic mass is 16.4. The van der Waals surface area contributed by atoms with Crippen molar-refractivity contribution in [3.63, 3.8) is 0 Å². The van der Waals surface area contributed by atoms with Gasteiger partial charge in [0.1, 0.15) is 11.0 Å². The SMILES string of the molecule is O=C(O)c1cccc2nnn(CCCc3ccccc3)c12. The lowest BCUT2D eigenvalue weighted by atomic mass is 10.1. The molecule has 106 valence electrons. The molecule has 0 radical (unpaired) electrons. The molecule has 5 nitrogen and oxygen atoms in total. The average molecular weight is 281 g/mol. The van der Waals surface area contributed by atoms with Crippen LogP contribution in [0.2, 0.25) is 0 Å². The van der Waals surface area contributed by atoms with E-state index < -0.39 is 5.97 Å². The van der Waals surface area contributed by atoms with Crippen molar-refractivity contribution in [1.82, 2.24) is 15.0 Å². The topological polar surface area (TPSA) is 68.0 Å². The first-order chi connectivity index (χ1) is 10.3. The van der Waals surface area contributed by atoms with E-state index in [0.29, 0.717) is 17.6 Å². The van der Waals surface area contributed by atoms with E-state index in [9.17, 15) is 9.90 Å². The highest BCUT2D eigenvalue weighted by Crippen LogP contribution is 2.17. The van der Waals surface area contributed by atoms with E-state index in [-0.39, 0.29) is 5.56 Å². The molecule has 1 aromatic heterocycles. The fraction of sp³-hybridized carbons (Fsp3) is 0.188. The molecular weight excluding hydrogens is 266 g/mol. The fourth-order valence-electron chi connectivity index (χ4n) is 2.44. The number of nitrogens with zero attached hydrogens (tertiary/aromatic N) is 3. The van der Waals surface area contributed by atoms with Crippen LogP contribution in [0.5, 0.6) is 0 Å². The first kappa shape index (κ1) is 13.3. The number of aryl methyl sites for hydroxylation is 2. The van der Waals surface area contributed by atoms with Gasteiger partial charge in [0.05, 0.1) is 5.56 Å². The lowest BCUT2D eigenvalue weighted by Gasteiger charge is -2.05. The summed E-state index contributed by atoms with van der Waals surface area (Å²) in [7, 11) is 0. The summed E-state index contributed by atoms with van der Waals surface area (Å²) in [4.78, 5) is 11.3. The van der Waals surface area contributed by atoms with Crippen molar-refractivity contribution in [2.75, 3.05) is 0 Å². The van der Waals surface area contributed by atoms with Crippen molar-refractivity contribution in [3.05, 3.63) is 59.7 Å². The second kappa shape index (κ2) is 5.75. The molecule has 0 atom stereocenters. The first-order valence-electron chi connectivity index (χ1n) is 6.85. The number of para-hydroxylation sites is 1. The summed E-state index contributed by atoms with van der Waals surface area (Å²) < 4.78 is 1.68. The maximum atomic E-state index is 11.3. The Labute approximate surface area is 121 Å². The van der Waals surface area contributed by atoms with Gasteiger partial charge >= 0.3 is 5.97 Å². The van der Waals surface area contributed by atoms with Gasteiger partial charge in [-0.25, -0.2) is 9.48 Å². The Morgan fingerprint density at radius 2 is 1.90 bits per heavy atom. The van der Waals surface area contributed by atoms with Crippen molar-refractivity contribution in [3.8, 4) is 0 Å². The van der Waals surface area contributed by atoms with Gasteiger partial charge < -0.3 is 5.11 Å². The zero-order chi connectivity index (χ0) is 14.7. The third kappa shape index (κ3) is 2.76. The van der Waals surface area contributed by atoms with E-state index in [1.165, 1.54) is 5.56 Å². The fourth-order valence-corrected chi connectivity index (χ4v) is 2.44. The Morgan fingerprint density at radius 1 is 1.10 bits per heavy atom. The van der Waals surface area contributed by atoms with Gasteiger partial charge in [-0.15, -0.1) is 5.10 Å². The third-order valence-electron chi connectivity index (χ3n) is 3.44. The number of rotatable bonds is 5. The predicted octanol–water partition coefficient (Wildman–Crippen LogP) is 2.76. The number of hydrogen-bond acceptors (Lipinski definition) is 3. The molecule has 0 saturated heterocycles. The lowest BCUT2D eigenvalue weighted by Crippen LogP contribution is -2.06. The van der Waals surface area contributed by atoms with E-state index in [2.05, 4.69) is 22.4 Å². The van der Waals surface area contributed by atoms with E-state index in [4.69, 9.17) is 0 Å². The summed E-state index contributed by atoms with van der Waals surface area (Å²) in [5.74, 6) is -0.952. The van der Waals surface area contributed by atoms with Crippen LogP contribution in [0.1, 0.15) is 22.3 Å². The van der Waals surface area contributed by atoms with Crippen LogP contribution >= 0.6 is 0 Å². The smallest absolute Gasteiger partial charge is 0.337 e. The molecule has 0 unspecified atom stereocenters. The summed E-state index contributed by atoms with van der Waals surface area (Å²) in [6, 6.07) is 15.3. The predicted molar refractivity (Wildman–Crippen MR) is 79.3 cm³/mol. The van der Waals surface area contributed by atoms with E-state index in [1.807, 2.05) is 18.2 Å². The number of benzene rings is 2. The minimum Gasteiger partial charge on any atom is -0.478 e. The van der Waals surface area contributed by atoms with Gasteiger partial charge in [0.2, 0.25) is 0 Å². The molecule has 1 heterocycles. The first-order valence-corrected chi connectivity index (χ1v) is 6.85. The molecule has 1 N–H and O–H groups in total. The van der Waals surface area contributed by atoms with Crippen LogP contribution in [0.25, 0.3) is 11.0 Å². The molecule has 0 amide bonds. The van der Waals surface area contributed by atoms with Crippen LogP contribution in [-0.2, 0) is 13.0 Å². The molecule has 21 heavy (non-hydrogen) atoms. The summed E-state index contributed by atoms with van der Waals surface area (Å²) in [5, 5.41) is 17.4. The number of fused-ring (bicyclic) bond motifs is 1. The molecule has 0 saturated carbocycles. The molecule has 3 rings (SSSR count). The zero-order valence-corrected chi connectivity index (χ0v) is 11.4. The monoisotopic (exact) mass is 281 g/mol. The largest absolute Gasteiger partial charge is 0.478 e. The van der Waals surface area contributed by atoms with E-state index in [0.717, 1.165) is 12.8 Å². The lowest BCUT2D eigenvalue weighted by molar-refractivity contribution is 0.0698. The maximum Gasteiger partial charge on any atom is 0.337 e. The molecule has 0 spiro atoms. The third-order valence-corrected chi connectivity index (χ3v) is 3.44. The average Bonchev–Trinajstić information content (AvgIpc) is 2.91. The highest BCUT2D eigenvalue weighted by Gasteiger charge is 2.14. The van der Waals surface area contributed by atoms with Crippen molar-refractivity contribution < 1.29 is 9.90 Å². The summed E-state index contributed by atoms with van der Waals surface area (Å²) >= 11 is 0. The quantitative estimate of drug-likeness (QED) is 0.780. The van der Waals surface area contributed by atoms with Crippen molar-refractivity contribution in [1.29, 1.82) is 0 Å². The minimum atomic E-state index is -0.952. The Kier molecular flexibility index (Phi) is 3.64. The molecular formula is C16H15N3O2. The molecule has 0 fully saturated rings. The highest BCUT2D eigenvalue weighted by molar-refractivity contribution is 6.00. The van der Waals surface area contributed by atoms with Crippen LogP contribution in [0, 0.1) is 0 Å².